The van der Waals surface area contributed by atoms with Gasteiger partial charge in [0, 0.05) is 20.6 Å². The zero-order valence-corrected chi connectivity index (χ0v) is 12.7. The van der Waals surface area contributed by atoms with E-state index in [1.807, 2.05) is 0 Å². The van der Waals surface area contributed by atoms with Crippen LogP contribution in [0.15, 0.2) is 0 Å². The molecule has 0 aromatic rings. The van der Waals surface area contributed by atoms with Crippen LogP contribution in [-0.4, -0.2) is 36.0 Å². The lowest BCUT2D eigenvalue weighted by atomic mass is 9.79. The minimum absolute atomic E-state index is 0.0578. The van der Waals surface area contributed by atoms with Gasteiger partial charge in [0.2, 0.25) is 0 Å². The van der Waals surface area contributed by atoms with Crippen LogP contribution in [0, 0.1) is 5.92 Å². The Labute approximate surface area is 113 Å². The molecule has 4 heteroatoms. The van der Waals surface area contributed by atoms with Gasteiger partial charge >= 0.3 is 0 Å². The first-order valence-electron chi connectivity index (χ1n) is 6.52. The molecule has 0 aromatic heterocycles. The molecule has 3 nitrogen and oxygen atoms in total. The van der Waals surface area contributed by atoms with Crippen LogP contribution in [-0.2, 0) is 9.47 Å². The minimum Gasteiger partial charge on any atom is -0.393 e. The highest BCUT2D eigenvalue weighted by atomic mass is 79.9. The van der Waals surface area contributed by atoms with Crippen LogP contribution in [0.4, 0.5) is 0 Å². The molecule has 102 valence electrons. The summed E-state index contributed by atoms with van der Waals surface area (Å²) in [6.07, 6.45) is 5.89. The second-order valence-corrected chi connectivity index (χ2v) is 6.06. The monoisotopic (exact) mass is 308 g/mol. The Balaban J connectivity index is 2.59. The lowest BCUT2D eigenvalue weighted by molar-refractivity contribution is -0.236. The molecule has 0 aliphatic heterocycles. The van der Waals surface area contributed by atoms with E-state index in [4.69, 9.17) is 9.47 Å². The normalized spacial score (nSPS) is 32.6. The first kappa shape index (κ1) is 15.4. The Morgan fingerprint density at radius 1 is 1.29 bits per heavy atom. The minimum atomic E-state index is -0.573. The van der Waals surface area contributed by atoms with Gasteiger partial charge in [-0.2, -0.15) is 0 Å². The molecule has 0 spiro atoms. The third-order valence-electron chi connectivity index (χ3n) is 3.89. The molecule has 1 aliphatic rings. The highest BCUT2D eigenvalue weighted by molar-refractivity contribution is 9.09. The summed E-state index contributed by atoms with van der Waals surface area (Å²) < 4.78 is 11.1. The number of unbranched alkanes of at least 4 members (excludes halogenated alkanes) is 2. The van der Waals surface area contributed by atoms with Crippen molar-refractivity contribution in [2.24, 2.45) is 5.92 Å². The number of hydrogen-bond donors (Lipinski definition) is 1. The number of aliphatic hydroxyl groups is 1. The van der Waals surface area contributed by atoms with Crippen LogP contribution in [0.1, 0.15) is 45.4 Å². The fourth-order valence-electron chi connectivity index (χ4n) is 2.67. The molecule has 0 amide bonds. The number of halogens is 1. The molecule has 0 bridgehead atoms. The topological polar surface area (TPSA) is 38.7 Å². The van der Waals surface area contributed by atoms with Crippen molar-refractivity contribution >= 4 is 15.9 Å². The summed E-state index contributed by atoms with van der Waals surface area (Å²) in [5, 5.41) is 10.1. The fraction of sp³-hybridized carbons (Fsp3) is 1.00. The summed E-state index contributed by atoms with van der Waals surface area (Å²) in [4.78, 5) is 0.0578. The van der Waals surface area contributed by atoms with E-state index in [0.717, 1.165) is 12.8 Å². The fourth-order valence-corrected chi connectivity index (χ4v) is 3.61. The molecular formula is C13H25BrO3. The summed E-state index contributed by atoms with van der Waals surface area (Å²) in [6, 6.07) is 0. The molecular weight excluding hydrogens is 284 g/mol. The summed E-state index contributed by atoms with van der Waals surface area (Å²) >= 11 is 3.57. The van der Waals surface area contributed by atoms with E-state index in [2.05, 4.69) is 22.9 Å². The first-order chi connectivity index (χ1) is 8.09. The number of hydrogen-bond acceptors (Lipinski definition) is 3. The van der Waals surface area contributed by atoms with Crippen molar-refractivity contribution in [3.05, 3.63) is 0 Å². The van der Waals surface area contributed by atoms with E-state index in [1.54, 1.807) is 14.2 Å². The molecule has 0 heterocycles. The average Bonchev–Trinajstić information content (AvgIpc) is 2.33. The van der Waals surface area contributed by atoms with E-state index in [-0.39, 0.29) is 16.8 Å². The molecule has 3 atom stereocenters. The molecule has 1 rings (SSSR count). The van der Waals surface area contributed by atoms with E-state index in [9.17, 15) is 5.11 Å². The Kier molecular flexibility index (Phi) is 6.41. The number of ether oxygens (including phenoxy) is 2. The zero-order chi connectivity index (χ0) is 12.9. The van der Waals surface area contributed by atoms with Gasteiger partial charge < -0.3 is 14.6 Å². The second kappa shape index (κ2) is 7.07. The van der Waals surface area contributed by atoms with Gasteiger partial charge in [0.05, 0.1) is 10.9 Å². The maximum absolute atomic E-state index is 10.1. The van der Waals surface area contributed by atoms with Crippen molar-refractivity contribution in [1.29, 1.82) is 0 Å². The largest absolute Gasteiger partial charge is 0.393 e. The van der Waals surface area contributed by atoms with Crippen LogP contribution in [0.2, 0.25) is 0 Å². The van der Waals surface area contributed by atoms with Crippen molar-refractivity contribution in [2.75, 3.05) is 14.2 Å². The van der Waals surface area contributed by atoms with E-state index >= 15 is 0 Å². The average molecular weight is 309 g/mol. The van der Waals surface area contributed by atoms with E-state index < -0.39 is 5.79 Å². The number of methoxy groups -OCH3 is 2. The lowest BCUT2D eigenvalue weighted by Crippen LogP contribution is -2.52. The lowest BCUT2D eigenvalue weighted by Gasteiger charge is -2.44. The van der Waals surface area contributed by atoms with Crippen molar-refractivity contribution in [3.63, 3.8) is 0 Å². The SMILES string of the molecule is CCCCCC1CC(OC)(OC)C(Br)CC1O. The molecule has 1 fully saturated rings. The third kappa shape index (κ3) is 3.66. The number of rotatable bonds is 6. The van der Waals surface area contributed by atoms with E-state index in [1.165, 1.54) is 19.3 Å². The molecule has 17 heavy (non-hydrogen) atoms. The van der Waals surface area contributed by atoms with Crippen LogP contribution >= 0.6 is 15.9 Å². The van der Waals surface area contributed by atoms with Gasteiger partial charge in [0.15, 0.2) is 5.79 Å². The predicted molar refractivity (Wildman–Crippen MR) is 72.3 cm³/mol. The predicted octanol–water partition coefficient (Wildman–Crippen LogP) is 3.09. The molecule has 3 unspecified atom stereocenters. The maximum Gasteiger partial charge on any atom is 0.180 e. The van der Waals surface area contributed by atoms with Gasteiger partial charge in [-0.3, -0.25) is 0 Å². The van der Waals surface area contributed by atoms with E-state index in [0.29, 0.717) is 6.42 Å². The summed E-state index contributed by atoms with van der Waals surface area (Å²) in [5.41, 5.74) is 0. The Morgan fingerprint density at radius 2 is 1.94 bits per heavy atom. The Bertz CT molecular complexity index is 219. The third-order valence-corrected chi connectivity index (χ3v) is 4.96. The van der Waals surface area contributed by atoms with Crippen molar-refractivity contribution in [3.8, 4) is 0 Å². The Morgan fingerprint density at radius 3 is 2.47 bits per heavy atom. The molecule has 0 aromatic carbocycles. The van der Waals surface area contributed by atoms with Crippen molar-refractivity contribution in [2.45, 2.75) is 62.2 Å². The van der Waals surface area contributed by atoms with Gasteiger partial charge in [-0.15, -0.1) is 0 Å². The van der Waals surface area contributed by atoms with Crippen molar-refractivity contribution < 1.29 is 14.6 Å². The van der Waals surface area contributed by atoms with Crippen LogP contribution in [0.5, 0.6) is 0 Å². The van der Waals surface area contributed by atoms with Gasteiger partial charge in [-0.1, -0.05) is 42.1 Å². The second-order valence-electron chi connectivity index (χ2n) is 4.95. The molecule has 1 saturated carbocycles. The summed E-state index contributed by atoms with van der Waals surface area (Å²) in [5.74, 6) is -0.286. The number of aliphatic hydroxyl groups excluding tert-OH is 1. The summed E-state index contributed by atoms with van der Waals surface area (Å²) in [6.45, 7) is 2.19. The Hall–Kier alpha value is 0.360. The highest BCUT2D eigenvalue weighted by Crippen LogP contribution is 2.41. The first-order valence-corrected chi connectivity index (χ1v) is 7.43. The van der Waals surface area contributed by atoms with Crippen molar-refractivity contribution in [1.82, 2.24) is 0 Å². The molecule has 0 radical (unpaired) electrons. The van der Waals surface area contributed by atoms with Gasteiger partial charge in [-0.25, -0.2) is 0 Å². The molecule has 1 aliphatic carbocycles. The molecule has 1 N–H and O–H groups in total. The van der Waals surface area contributed by atoms with Crippen LogP contribution in [0.3, 0.4) is 0 Å². The van der Waals surface area contributed by atoms with Crippen LogP contribution in [0.25, 0.3) is 0 Å². The highest BCUT2D eigenvalue weighted by Gasteiger charge is 2.47. The zero-order valence-electron chi connectivity index (χ0n) is 11.1. The standard InChI is InChI=1S/C13H25BrO3/c1-4-5-6-7-10-9-13(16-2,17-3)12(14)8-11(10)15/h10-12,15H,4-9H2,1-3H3. The van der Waals surface area contributed by atoms with Gasteiger partial charge in [-0.05, 0) is 18.8 Å². The maximum atomic E-state index is 10.1. The number of alkyl halides is 1. The smallest absolute Gasteiger partial charge is 0.180 e. The molecule has 0 saturated heterocycles. The summed E-state index contributed by atoms with van der Waals surface area (Å²) in [7, 11) is 3.36. The van der Waals surface area contributed by atoms with Gasteiger partial charge in [0.1, 0.15) is 0 Å². The van der Waals surface area contributed by atoms with Gasteiger partial charge in [0.25, 0.3) is 0 Å². The van der Waals surface area contributed by atoms with Crippen LogP contribution < -0.4 is 0 Å². The quantitative estimate of drug-likeness (QED) is 0.465.